The minimum absolute atomic E-state index is 0.0000312. The molecule has 0 aromatic heterocycles. The molecule has 0 saturated heterocycles. The summed E-state index contributed by atoms with van der Waals surface area (Å²) >= 11 is 0. The average Bonchev–Trinajstić information content (AvgIpc) is 2.55. The zero-order chi connectivity index (χ0) is 15.7. The van der Waals surface area contributed by atoms with E-state index in [1.807, 2.05) is 12.1 Å². The van der Waals surface area contributed by atoms with Crippen molar-refractivity contribution in [1.82, 2.24) is 0 Å². The van der Waals surface area contributed by atoms with E-state index in [0.717, 1.165) is 22.6 Å². The Labute approximate surface area is 129 Å². The highest BCUT2D eigenvalue weighted by molar-refractivity contribution is 6.20. The van der Waals surface area contributed by atoms with Crippen LogP contribution in [-0.4, -0.2) is 25.8 Å². The Kier molecular flexibility index (Phi) is 3.84. The highest BCUT2D eigenvalue weighted by atomic mass is 16.5. The van der Waals surface area contributed by atoms with Gasteiger partial charge in [-0.2, -0.15) is 0 Å². The predicted octanol–water partition coefficient (Wildman–Crippen LogP) is 2.59. The Morgan fingerprint density at radius 3 is 1.64 bits per heavy atom. The molecule has 0 aliphatic heterocycles. The number of carbonyl (C=O) groups is 2. The summed E-state index contributed by atoms with van der Waals surface area (Å²) in [5, 5.41) is 0. The van der Waals surface area contributed by atoms with Crippen LogP contribution in [0.2, 0.25) is 0 Å². The monoisotopic (exact) mass is 298 g/mol. The Morgan fingerprint density at radius 1 is 0.773 bits per heavy atom. The summed E-state index contributed by atoms with van der Waals surface area (Å²) in [6.45, 7) is 0. The number of aryl methyl sites for hydroxylation is 2. The Morgan fingerprint density at radius 2 is 1.23 bits per heavy atom. The van der Waals surface area contributed by atoms with Crippen LogP contribution in [-0.2, 0) is 22.4 Å². The zero-order valence-electron chi connectivity index (χ0n) is 12.8. The van der Waals surface area contributed by atoms with E-state index in [2.05, 4.69) is 0 Å². The van der Waals surface area contributed by atoms with Crippen LogP contribution in [0.15, 0.2) is 35.4 Å². The van der Waals surface area contributed by atoms with Gasteiger partial charge in [0.25, 0.3) is 0 Å². The van der Waals surface area contributed by atoms with Crippen molar-refractivity contribution in [1.29, 1.82) is 0 Å². The molecule has 0 radical (unpaired) electrons. The topological polar surface area (TPSA) is 52.6 Å². The third-order valence-corrected chi connectivity index (χ3v) is 4.23. The highest BCUT2D eigenvalue weighted by Gasteiger charge is 2.24. The molecular weight excluding hydrogens is 280 g/mol. The first-order valence-electron chi connectivity index (χ1n) is 7.36. The normalized spacial score (nSPS) is 17.5. The van der Waals surface area contributed by atoms with Gasteiger partial charge < -0.3 is 9.47 Å². The molecule has 3 aliphatic carbocycles. The number of hydrogen-bond acceptors (Lipinski definition) is 4. The van der Waals surface area contributed by atoms with Gasteiger partial charge in [0, 0.05) is 11.1 Å². The van der Waals surface area contributed by atoms with E-state index in [1.54, 1.807) is 14.2 Å². The van der Waals surface area contributed by atoms with Crippen LogP contribution < -0.4 is 9.47 Å². The van der Waals surface area contributed by atoms with Crippen molar-refractivity contribution >= 4 is 11.6 Å². The number of benzene rings is 1. The highest BCUT2D eigenvalue weighted by Crippen LogP contribution is 2.34. The van der Waals surface area contributed by atoms with Crippen molar-refractivity contribution in [2.75, 3.05) is 14.2 Å². The average molecular weight is 298 g/mol. The number of Topliss-reactive ketones (excluding diaryl/α,β-unsaturated/α-hetero) is 1. The Hall–Kier alpha value is -2.36. The van der Waals surface area contributed by atoms with Gasteiger partial charge in [0.2, 0.25) is 0 Å². The molecule has 1 aromatic rings. The van der Waals surface area contributed by atoms with Crippen molar-refractivity contribution in [3.8, 4) is 11.5 Å². The lowest BCUT2D eigenvalue weighted by Gasteiger charge is -2.14. The molecule has 0 amide bonds. The van der Waals surface area contributed by atoms with Crippen molar-refractivity contribution in [3.63, 3.8) is 0 Å². The molecule has 0 N–H and O–H groups in total. The second-order valence-electron chi connectivity index (χ2n) is 5.55. The van der Waals surface area contributed by atoms with Crippen molar-refractivity contribution in [3.05, 3.63) is 46.6 Å². The number of ketones is 2. The number of ether oxygens (including phenoxy) is 2. The first-order valence-corrected chi connectivity index (χ1v) is 7.36. The fraction of sp³-hybridized carbons (Fsp3) is 0.333. The largest absolute Gasteiger partial charge is 0.496 e. The molecule has 4 heteroatoms. The fourth-order valence-corrected chi connectivity index (χ4v) is 3.05. The van der Waals surface area contributed by atoms with Gasteiger partial charge in [-0.1, -0.05) is 0 Å². The van der Waals surface area contributed by atoms with Crippen LogP contribution in [0, 0.1) is 0 Å². The summed E-state index contributed by atoms with van der Waals surface area (Å²) in [6, 6.07) is 3.95. The minimum Gasteiger partial charge on any atom is -0.496 e. The molecule has 114 valence electrons. The van der Waals surface area contributed by atoms with Gasteiger partial charge in [0.05, 0.1) is 14.2 Å². The first-order chi connectivity index (χ1) is 10.6. The number of rotatable bonds is 2. The molecule has 4 rings (SSSR count). The lowest BCUT2D eigenvalue weighted by atomic mass is 9.90. The minimum atomic E-state index is -0.0916. The smallest absolute Gasteiger partial charge is 0.185 e. The molecule has 0 saturated carbocycles. The molecule has 22 heavy (non-hydrogen) atoms. The van der Waals surface area contributed by atoms with Crippen LogP contribution in [0.4, 0.5) is 0 Å². The quantitative estimate of drug-likeness (QED) is 0.788. The van der Waals surface area contributed by atoms with Crippen LogP contribution >= 0.6 is 0 Å². The molecule has 1 aromatic carbocycles. The maximum absolute atomic E-state index is 12.4. The van der Waals surface area contributed by atoms with Crippen LogP contribution in [0.25, 0.3) is 0 Å². The second kappa shape index (κ2) is 5.79. The zero-order valence-corrected chi connectivity index (χ0v) is 12.8. The van der Waals surface area contributed by atoms with Crippen molar-refractivity contribution in [2.45, 2.75) is 25.7 Å². The molecular formula is C18H18O4. The number of fused-ring (bicyclic) bond motifs is 4. The third kappa shape index (κ3) is 2.56. The summed E-state index contributed by atoms with van der Waals surface area (Å²) in [7, 11) is 3.28. The SMILES string of the molecule is COc1cc2c(OC)cc1CCC1=CC(=O)C=C(CC2)C1=O. The molecule has 4 nitrogen and oxygen atoms in total. The van der Waals surface area contributed by atoms with Crippen molar-refractivity contribution in [2.24, 2.45) is 0 Å². The van der Waals surface area contributed by atoms with Crippen LogP contribution in [0.5, 0.6) is 11.5 Å². The van der Waals surface area contributed by atoms with Gasteiger partial charge in [0.1, 0.15) is 11.5 Å². The predicted molar refractivity (Wildman–Crippen MR) is 82.4 cm³/mol. The van der Waals surface area contributed by atoms with Gasteiger partial charge in [-0.3, -0.25) is 9.59 Å². The summed E-state index contributed by atoms with van der Waals surface area (Å²) in [5.74, 6) is 1.52. The molecule has 0 unspecified atom stereocenters. The van der Waals surface area contributed by atoms with E-state index in [4.69, 9.17) is 9.47 Å². The fourth-order valence-electron chi connectivity index (χ4n) is 3.05. The molecule has 0 heterocycles. The summed E-state index contributed by atoms with van der Waals surface area (Å²) in [4.78, 5) is 24.2. The standard InChI is InChI=1S/C18H18O4/c1-21-16-9-12-4-6-14-8-15(19)7-13(18(14)20)5-3-11(16)10-17(12)22-2/h7-10H,3-6H2,1-2H3. The van der Waals surface area contributed by atoms with E-state index in [9.17, 15) is 9.59 Å². The Bertz CT molecular complexity index is 652. The van der Waals surface area contributed by atoms with Gasteiger partial charge in [0.15, 0.2) is 11.6 Å². The van der Waals surface area contributed by atoms with Gasteiger partial charge >= 0.3 is 0 Å². The van der Waals surface area contributed by atoms with Crippen molar-refractivity contribution < 1.29 is 19.1 Å². The molecule has 4 bridgehead atoms. The number of methoxy groups -OCH3 is 2. The summed E-state index contributed by atoms with van der Waals surface area (Å²) in [6.07, 6.45) is 5.25. The lowest BCUT2D eigenvalue weighted by Crippen LogP contribution is -2.15. The molecule has 3 aliphatic rings. The summed E-state index contributed by atoms with van der Waals surface area (Å²) in [5.41, 5.74) is 3.16. The molecule has 0 fully saturated rings. The number of hydrogen-bond donors (Lipinski definition) is 0. The molecule has 0 atom stereocenters. The van der Waals surface area contributed by atoms with E-state index in [-0.39, 0.29) is 11.6 Å². The van der Waals surface area contributed by atoms with E-state index in [1.165, 1.54) is 12.2 Å². The van der Waals surface area contributed by atoms with Crippen LogP contribution in [0.1, 0.15) is 24.0 Å². The van der Waals surface area contributed by atoms with Crippen LogP contribution in [0.3, 0.4) is 0 Å². The Balaban J connectivity index is 2.08. The number of allylic oxidation sites excluding steroid dienone is 4. The van der Waals surface area contributed by atoms with Gasteiger partial charge in [-0.25, -0.2) is 0 Å². The van der Waals surface area contributed by atoms with E-state index >= 15 is 0 Å². The van der Waals surface area contributed by atoms with Gasteiger partial charge in [-0.15, -0.1) is 0 Å². The van der Waals surface area contributed by atoms with E-state index < -0.39 is 0 Å². The first kappa shape index (κ1) is 14.6. The van der Waals surface area contributed by atoms with Gasteiger partial charge in [-0.05, 0) is 61.1 Å². The lowest BCUT2D eigenvalue weighted by molar-refractivity contribution is -0.115. The summed E-state index contributed by atoms with van der Waals surface area (Å²) < 4.78 is 10.9. The third-order valence-electron chi connectivity index (χ3n) is 4.23. The maximum Gasteiger partial charge on any atom is 0.185 e. The van der Waals surface area contributed by atoms with E-state index in [0.29, 0.717) is 36.8 Å². The molecule has 0 spiro atoms. The second-order valence-corrected chi connectivity index (χ2v) is 5.55. The maximum atomic E-state index is 12.4. The number of carbonyl (C=O) groups excluding carboxylic acids is 2.